The molecular formula is C24H27N5OS. The zero-order valence-corrected chi connectivity index (χ0v) is 18.6. The lowest BCUT2D eigenvalue weighted by Crippen LogP contribution is -2.54. The second-order valence-corrected chi connectivity index (χ2v) is 8.91. The standard InChI is InChI=1S/C24H27N5OS/c1-19(24(30)29(13-7-12-25)20-8-3-2-4-9-20)28-16-14-27(15-17-28)18-23-26-21-10-5-6-11-22(21)31-23/h2-6,8-11,19H,7,13-18H2,1H3. The first kappa shape index (κ1) is 21.4. The molecule has 2 heterocycles. The number of fused-ring (bicyclic) bond motifs is 1. The highest BCUT2D eigenvalue weighted by Crippen LogP contribution is 2.23. The SMILES string of the molecule is CC(C(=O)N(CCC#N)c1ccccc1)N1CCN(Cc2nc3ccccc3s2)CC1. The van der Waals surface area contributed by atoms with Crippen LogP contribution in [0.2, 0.25) is 0 Å². The minimum atomic E-state index is -0.219. The van der Waals surface area contributed by atoms with Gasteiger partial charge in [-0.15, -0.1) is 11.3 Å². The van der Waals surface area contributed by atoms with Crippen molar-refractivity contribution in [1.82, 2.24) is 14.8 Å². The Hall–Kier alpha value is -2.79. The van der Waals surface area contributed by atoms with Crippen molar-refractivity contribution >= 4 is 33.1 Å². The Morgan fingerprint density at radius 1 is 1.13 bits per heavy atom. The van der Waals surface area contributed by atoms with Crippen LogP contribution in [0.1, 0.15) is 18.4 Å². The molecule has 7 heteroatoms. The van der Waals surface area contributed by atoms with Crippen LogP contribution in [-0.4, -0.2) is 59.5 Å². The molecule has 1 saturated heterocycles. The topological polar surface area (TPSA) is 63.5 Å². The normalized spacial score (nSPS) is 16.1. The summed E-state index contributed by atoms with van der Waals surface area (Å²) in [6.07, 6.45) is 0.323. The maximum Gasteiger partial charge on any atom is 0.244 e. The van der Waals surface area contributed by atoms with Gasteiger partial charge in [-0.05, 0) is 31.2 Å². The van der Waals surface area contributed by atoms with Gasteiger partial charge in [-0.3, -0.25) is 14.6 Å². The summed E-state index contributed by atoms with van der Waals surface area (Å²) in [5.41, 5.74) is 1.92. The number of amides is 1. The van der Waals surface area contributed by atoms with E-state index in [2.05, 4.69) is 34.1 Å². The molecule has 31 heavy (non-hydrogen) atoms. The third-order valence-corrected chi connectivity index (χ3v) is 6.81. The van der Waals surface area contributed by atoms with E-state index in [0.29, 0.717) is 13.0 Å². The summed E-state index contributed by atoms with van der Waals surface area (Å²) in [4.78, 5) is 24.4. The van der Waals surface area contributed by atoms with E-state index in [1.807, 2.05) is 43.3 Å². The Morgan fingerprint density at radius 3 is 2.55 bits per heavy atom. The van der Waals surface area contributed by atoms with E-state index in [9.17, 15) is 4.79 Å². The predicted molar refractivity (Wildman–Crippen MR) is 125 cm³/mol. The maximum absolute atomic E-state index is 13.3. The molecule has 1 amide bonds. The van der Waals surface area contributed by atoms with E-state index < -0.39 is 0 Å². The van der Waals surface area contributed by atoms with E-state index in [0.717, 1.165) is 48.9 Å². The Bertz CT molecular complexity index is 1020. The molecule has 4 rings (SSSR count). The predicted octanol–water partition coefficient (Wildman–Crippen LogP) is 3.75. The van der Waals surface area contributed by atoms with Gasteiger partial charge in [-0.1, -0.05) is 30.3 Å². The summed E-state index contributed by atoms with van der Waals surface area (Å²) in [7, 11) is 0. The van der Waals surface area contributed by atoms with Crippen molar-refractivity contribution < 1.29 is 4.79 Å². The van der Waals surface area contributed by atoms with Gasteiger partial charge in [0.05, 0.1) is 35.3 Å². The van der Waals surface area contributed by atoms with Crippen molar-refractivity contribution in [3.8, 4) is 6.07 Å². The molecule has 1 unspecified atom stereocenters. The second kappa shape index (κ2) is 10.0. The highest BCUT2D eigenvalue weighted by atomic mass is 32.1. The fraction of sp³-hybridized carbons (Fsp3) is 0.375. The van der Waals surface area contributed by atoms with Gasteiger partial charge < -0.3 is 4.90 Å². The molecular weight excluding hydrogens is 406 g/mol. The molecule has 3 aromatic rings. The van der Waals surface area contributed by atoms with Crippen LogP contribution in [0.3, 0.4) is 0 Å². The number of aromatic nitrogens is 1. The van der Waals surface area contributed by atoms with Crippen molar-refractivity contribution in [3.63, 3.8) is 0 Å². The number of hydrogen-bond acceptors (Lipinski definition) is 6. The van der Waals surface area contributed by atoms with Crippen LogP contribution in [-0.2, 0) is 11.3 Å². The monoisotopic (exact) mass is 433 g/mol. The third kappa shape index (κ3) is 5.10. The molecule has 0 N–H and O–H groups in total. The van der Waals surface area contributed by atoms with Gasteiger partial charge >= 0.3 is 0 Å². The van der Waals surface area contributed by atoms with E-state index in [-0.39, 0.29) is 11.9 Å². The van der Waals surface area contributed by atoms with Crippen molar-refractivity contribution in [1.29, 1.82) is 5.26 Å². The Morgan fingerprint density at radius 2 is 1.84 bits per heavy atom. The Labute approximate surface area is 187 Å². The smallest absolute Gasteiger partial charge is 0.244 e. The highest BCUT2D eigenvalue weighted by molar-refractivity contribution is 7.18. The Balaban J connectivity index is 1.35. The number of thiazole rings is 1. The first-order valence-electron chi connectivity index (χ1n) is 10.7. The number of nitrogens with zero attached hydrogens (tertiary/aromatic N) is 5. The van der Waals surface area contributed by atoms with Gasteiger partial charge in [0.15, 0.2) is 0 Å². The van der Waals surface area contributed by atoms with Gasteiger partial charge in [-0.2, -0.15) is 5.26 Å². The van der Waals surface area contributed by atoms with Crippen LogP contribution in [0.25, 0.3) is 10.2 Å². The molecule has 1 fully saturated rings. The van der Waals surface area contributed by atoms with Crippen molar-refractivity contribution in [3.05, 3.63) is 59.6 Å². The maximum atomic E-state index is 13.3. The van der Waals surface area contributed by atoms with E-state index >= 15 is 0 Å². The van der Waals surface area contributed by atoms with Gasteiger partial charge in [0.1, 0.15) is 5.01 Å². The molecule has 1 atom stereocenters. The number of para-hydroxylation sites is 2. The summed E-state index contributed by atoms with van der Waals surface area (Å²) < 4.78 is 1.23. The summed E-state index contributed by atoms with van der Waals surface area (Å²) >= 11 is 1.76. The van der Waals surface area contributed by atoms with E-state index in [1.54, 1.807) is 16.2 Å². The lowest BCUT2D eigenvalue weighted by atomic mass is 10.1. The largest absolute Gasteiger partial charge is 0.310 e. The molecule has 0 saturated carbocycles. The quantitative estimate of drug-likeness (QED) is 0.568. The number of anilines is 1. The number of hydrogen-bond donors (Lipinski definition) is 0. The fourth-order valence-corrected chi connectivity index (χ4v) is 5.02. The van der Waals surface area contributed by atoms with E-state index in [4.69, 9.17) is 10.2 Å². The van der Waals surface area contributed by atoms with Crippen LogP contribution < -0.4 is 4.90 Å². The molecule has 0 bridgehead atoms. The zero-order chi connectivity index (χ0) is 21.6. The highest BCUT2D eigenvalue weighted by Gasteiger charge is 2.29. The van der Waals surface area contributed by atoms with Crippen LogP contribution in [0, 0.1) is 11.3 Å². The molecule has 160 valence electrons. The summed E-state index contributed by atoms with van der Waals surface area (Å²) in [5.74, 6) is 0.0565. The summed E-state index contributed by atoms with van der Waals surface area (Å²) in [5, 5.41) is 10.2. The first-order valence-corrected chi connectivity index (χ1v) is 11.5. The summed E-state index contributed by atoms with van der Waals surface area (Å²) in [6.45, 7) is 6.77. The third-order valence-electron chi connectivity index (χ3n) is 5.79. The molecule has 6 nitrogen and oxygen atoms in total. The lowest BCUT2D eigenvalue weighted by molar-refractivity contribution is -0.124. The average Bonchev–Trinajstić information content (AvgIpc) is 3.22. The number of rotatable bonds is 7. The molecule has 0 radical (unpaired) electrons. The van der Waals surface area contributed by atoms with Crippen molar-refractivity contribution in [2.24, 2.45) is 0 Å². The Kier molecular flexibility index (Phi) is 6.92. The number of nitriles is 1. The molecule has 0 spiro atoms. The minimum absolute atomic E-state index is 0.0565. The average molecular weight is 434 g/mol. The van der Waals surface area contributed by atoms with Gasteiger partial charge in [0.2, 0.25) is 5.91 Å². The fourth-order valence-electron chi connectivity index (χ4n) is 4.01. The number of benzene rings is 2. The van der Waals surface area contributed by atoms with Crippen LogP contribution in [0.5, 0.6) is 0 Å². The lowest BCUT2D eigenvalue weighted by Gasteiger charge is -2.38. The summed E-state index contributed by atoms with van der Waals surface area (Å²) in [6, 6.07) is 19.8. The van der Waals surface area contributed by atoms with E-state index in [1.165, 1.54) is 4.70 Å². The molecule has 1 aliphatic rings. The van der Waals surface area contributed by atoms with Crippen molar-refractivity contribution in [2.75, 3.05) is 37.6 Å². The van der Waals surface area contributed by atoms with Crippen LogP contribution >= 0.6 is 11.3 Å². The van der Waals surface area contributed by atoms with Crippen LogP contribution in [0.4, 0.5) is 5.69 Å². The van der Waals surface area contributed by atoms with Crippen molar-refractivity contribution in [2.45, 2.75) is 25.9 Å². The van der Waals surface area contributed by atoms with Gasteiger partial charge in [-0.25, -0.2) is 4.98 Å². The number of carbonyl (C=O) groups excluding carboxylic acids is 1. The number of piperazine rings is 1. The molecule has 0 aliphatic carbocycles. The zero-order valence-electron chi connectivity index (χ0n) is 17.8. The molecule has 1 aromatic heterocycles. The minimum Gasteiger partial charge on any atom is -0.310 e. The second-order valence-electron chi connectivity index (χ2n) is 7.80. The van der Waals surface area contributed by atoms with Gasteiger partial charge in [0, 0.05) is 38.4 Å². The van der Waals surface area contributed by atoms with Gasteiger partial charge in [0.25, 0.3) is 0 Å². The number of carbonyl (C=O) groups is 1. The van der Waals surface area contributed by atoms with Crippen LogP contribution in [0.15, 0.2) is 54.6 Å². The first-order chi connectivity index (χ1) is 15.2. The molecule has 1 aliphatic heterocycles. The molecule has 2 aromatic carbocycles.